The summed E-state index contributed by atoms with van der Waals surface area (Å²) in [7, 11) is 1.61. The molecule has 5 heteroatoms. The fourth-order valence-corrected chi connectivity index (χ4v) is 3.34. The number of benzene rings is 1. The SMILES string of the molecule is COc1cc(C(=O)NCC2CCCN2)ccc1OC1CCCC1. The topological polar surface area (TPSA) is 59.6 Å². The predicted molar refractivity (Wildman–Crippen MR) is 89.2 cm³/mol. The third-order valence-corrected chi connectivity index (χ3v) is 4.69. The molecule has 2 aliphatic rings. The summed E-state index contributed by atoms with van der Waals surface area (Å²) in [4.78, 5) is 12.3. The molecule has 3 rings (SSSR count). The number of rotatable bonds is 6. The van der Waals surface area contributed by atoms with Gasteiger partial charge in [-0.25, -0.2) is 0 Å². The van der Waals surface area contributed by atoms with Crippen molar-refractivity contribution in [1.82, 2.24) is 10.6 Å². The van der Waals surface area contributed by atoms with Gasteiger partial charge in [0, 0.05) is 18.2 Å². The average Bonchev–Trinajstić information content (AvgIpc) is 3.26. The predicted octanol–water partition coefficient (Wildman–Crippen LogP) is 2.50. The van der Waals surface area contributed by atoms with Gasteiger partial charge in [0.25, 0.3) is 5.91 Å². The number of hydrogen-bond donors (Lipinski definition) is 2. The highest BCUT2D eigenvalue weighted by Gasteiger charge is 2.20. The second-order valence-corrected chi connectivity index (χ2v) is 6.39. The van der Waals surface area contributed by atoms with Gasteiger partial charge in [-0.15, -0.1) is 0 Å². The molecule has 1 aliphatic heterocycles. The van der Waals surface area contributed by atoms with E-state index in [4.69, 9.17) is 9.47 Å². The molecule has 5 nitrogen and oxygen atoms in total. The minimum Gasteiger partial charge on any atom is -0.493 e. The number of ether oxygens (including phenoxy) is 2. The van der Waals surface area contributed by atoms with Crippen LogP contribution in [0.4, 0.5) is 0 Å². The molecule has 1 saturated carbocycles. The molecule has 23 heavy (non-hydrogen) atoms. The maximum atomic E-state index is 12.3. The first-order valence-electron chi connectivity index (χ1n) is 8.62. The number of nitrogens with one attached hydrogen (secondary N) is 2. The summed E-state index contributed by atoms with van der Waals surface area (Å²) in [5.74, 6) is 1.29. The Balaban J connectivity index is 1.61. The molecule has 1 heterocycles. The average molecular weight is 318 g/mol. The van der Waals surface area contributed by atoms with E-state index >= 15 is 0 Å². The number of amides is 1. The summed E-state index contributed by atoms with van der Waals surface area (Å²) in [6.07, 6.45) is 7.22. The zero-order valence-electron chi connectivity index (χ0n) is 13.8. The summed E-state index contributed by atoms with van der Waals surface area (Å²) in [5.41, 5.74) is 0.610. The van der Waals surface area contributed by atoms with Crippen LogP contribution in [0.15, 0.2) is 18.2 Å². The van der Waals surface area contributed by atoms with Crippen molar-refractivity contribution in [2.75, 3.05) is 20.2 Å². The fourth-order valence-electron chi connectivity index (χ4n) is 3.34. The number of carbonyl (C=O) groups excluding carboxylic acids is 1. The zero-order chi connectivity index (χ0) is 16.1. The molecule has 0 bridgehead atoms. The number of hydrogen-bond acceptors (Lipinski definition) is 4. The Morgan fingerprint density at radius 1 is 1.22 bits per heavy atom. The minimum absolute atomic E-state index is 0.0654. The lowest BCUT2D eigenvalue weighted by atomic mass is 10.1. The molecule has 1 aliphatic carbocycles. The first kappa shape index (κ1) is 16.1. The van der Waals surface area contributed by atoms with Crippen LogP contribution in [0, 0.1) is 0 Å². The number of carbonyl (C=O) groups is 1. The Hall–Kier alpha value is -1.75. The van der Waals surface area contributed by atoms with Crippen molar-refractivity contribution in [1.29, 1.82) is 0 Å². The first-order valence-corrected chi connectivity index (χ1v) is 8.62. The summed E-state index contributed by atoms with van der Waals surface area (Å²) in [5, 5.41) is 6.36. The van der Waals surface area contributed by atoms with Crippen molar-refractivity contribution in [3.63, 3.8) is 0 Å². The molecule has 2 fully saturated rings. The molecule has 1 amide bonds. The Labute approximate surface area is 137 Å². The molecule has 126 valence electrons. The Kier molecular flexibility index (Phi) is 5.39. The highest BCUT2D eigenvalue weighted by atomic mass is 16.5. The van der Waals surface area contributed by atoms with E-state index in [1.54, 1.807) is 13.2 Å². The van der Waals surface area contributed by atoms with Crippen LogP contribution >= 0.6 is 0 Å². The van der Waals surface area contributed by atoms with Crippen LogP contribution in [0.1, 0.15) is 48.9 Å². The molecule has 1 aromatic carbocycles. The normalized spacial score (nSPS) is 21.3. The van der Waals surface area contributed by atoms with Crippen LogP contribution < -0.4 is 20.1 Å². The monoisotopic (exact) mass is 318 g/mol. The van der Waals surface area contributed by atoms with Crippen LogP contribution in [0.5, 0.6) is 11.5 Å². The Morgan fingerprint density at radius 3 is 2.74 bits per heavy atom. The van der Waals surface area contributed by atoms with Gasteiger partial charge in [-0.2, -0.15) is 0 Å². The van der Waals surface area contributed by atoms with E-state index in [0.717, 1.165) is 31.6 Å². The summed E-state index contributed by atoms with van der Waals surface area (Å²) in [6, 6.07) is 5.82. The van der Waals surface area contributed by atoms with Gasteiger partial charge in [-0.3, -0.25) is 4.79 Å². The summed E-state index contributed by atoms with van der Waals surface area (Å²) >= 11 is 0. The van der Waals surface area contributed by atoms with Crippen molar-refractivity contribution in [2.24, 2.45) is 0 Å². The van der Waals surface area contributed by atoms with Crippen LogP contribution in [-0.2, 0) is 0 Å². The van der Waals surface area contributed by atoms with Crippen LogP contribution in [0.2, 0.25) is 0 Å². The van der Waals surface area contributed by atoms with E-state index in [1.807, 2.05) is 12.1 Å². The third-order valence-electron chi connectivity index (χ3n) is 4.69. The maximum Gasteiger partial charge on any atom is 0.251 e. The van der Waals surface area contributed by atoms with E-state index in [-0.39, 0.29) is 12.0 Å². The maximum absolute atomic E-state index is 12.3. The Bertz CT molecular complexity index is 535. The lowest BCUT2D eigenvalue weighted by Gasteiger charge is -2.17. The van der Waals surface area contributed by atoms with Crippen molar-refractivity contribution >= 4 is 5.91 Å². The Morgan fingerprint density at radius 2 is 2.04 bits per heavy atom. The van der Waals surface area contributed by atoms with Crippen molar-refractivity contribution in [2.45, 2.75) is 50.7 Å². The van der Waals surface area contributed by atoms with Gasteiger partial charge in [0.1, 0.15) is 0 Å². The van der Waals surface area contributed by atoms with E-state index in [0.29, 0.717) is 23.9 Å². The van der Waals surface area contributed by atoms with Gasteiger partial charge >= 0.3 is 0 Å². The van der Waals surface area contributed by atoms with Gasteiger partial charge in [-0.1, -0.05) is 0 Å². The lowest BCUT2D eigenvalue weighted by molar-refractivity contribution is 0.0950. The van der Waals surface area contributed by atoms with Gasteiger partial charge in [0.15, 0.2) is 11.5 Å². The molecular formula is C18H26N2O3. The third kappa shape index (κ3) is 4.16. The van der Waals surface area contributed by atoms with Gasteiger partial charge in [-0.05, 0) is 63.3 Å². The summed E-state index contributed by atoms with van der Waals surface area (Å²) < 4.78 is 11.4. The molecule has 0 radical (unpaired) electrons. The van der Waals surface area contributed by atoms with E-state index in [1.165, 1.54) is 19.3 Å². The van der Waals surface area contributed by atoms with Gasteiger partial charge < -0.3 is 20.1 Å². The minimum atomic E-state index is -0.0654. The van der Waals surface area contributed by atoms with Crippen LogP contribution in [0.25, 0.3) is 0 Å². The second-order valence-electron chi connectivity index (χ2n) is 6.39. The smallest absolute Gasteiger partial charge is 0.251 e. The highest BCUT2D eigenvalue weighted by molar-refractivity contribution is 5.94. The molecule has 1 atom stereocenters. The molecule has 2 N–H and O–H groups in total. The largest absolute Gasteiger partial charge is 0.493 e. The lowest BCUT2D eigenvalue weighted by Crippen LogP contribution is -2.37. The van der Waals surface area contributed by atoms with Crippen LogP contribution in [-0.4, -0.2) is 38.3 Å². The summed E-state index contributed by atoms with van der Waals surface area (Å²) in [6.45, 7) is 1.71. The van der Waals surface area contributed by atoms with E-state index < -0.39 is 0 Å². The second kappa shape index (κ2) is 7.68. The van der Waals surface area contributed by atoms with Crippen LogP contribution in [0.3, 0.4) is 0 Å². The van der Waals surface area contributed by atoms with Crippen molar-refractivity contribution in [3.05, 3.63) is 23.8 Å². The molecule has 0 spiro atoms. The van der Waals surface area contributed by atoms with Crippen molar-refractivity contribution in [3.8, 4) is 11.5 Å². The van der Waals surface area contributed by atoms with E-state index in [2.05, 4.69) is 10.6 Å². The number of methoxy groups -OCH3 is 1. The fraction of sp³-hybridized carbons (Fsp3) is 0.611. The standard InChI is InChI=1S/C18H26N2O3/c1-22-17-11-13(18(21)20-12-14-5-4-10-19-14)8-9-16(17)23-15-6-2-3-7-15/h8-9,11,14-15,19H,2-7,10,12H2,1H3,(H,20,21). The molecule has 1 saturated heterocycles. The van der Waals surface area contributed by atoms with Gasteiger partial charge in [0.2, 0.25) is 0 Å². The zero-order valence-corrected chi connectivity index (χ0v) is 13.8. The highest BCUT2D eigenvalue weighted by Crippen LogP contribution is 2.32. The molecule has 1 aromatic rings. The molecular weight excluding hydrogens is 292 g/mol. The van der Waals surface area contributed by atoms with E-state index in [9.17, 15) is 4.79 Å². The quantitative estimate of drug-likeness (QED) is 0.846. The first-order chi connectivity index (χ1) is 11.3. The van der Waals surface area contributed by atoms with Crippen molar-refractivity contribution < 1.29 is 14.3 Å². The molecule has 0 aromatic heterocycles. The molecule has 1 unspecified atom stereocenters. The van der Waals surface area contributed by atoms with Gasteiger partial charge in [0.05, 0.1) is 13.2 Å².